The molecule has 2 N–H and O–H groups in total. The first kappa shape index (κ1) is 18.3. The van der Waals surface area contributed by atoms with Gasteiger partial charge in [0.15, 0.2) is 0 Å². The number of piperidine rings is 1. The molecule has 26 heavy (non-hydrogen) atoms. The molecule has 2 heterocycles. The number of carbonyl (C=O) groups excluding carboxylic acids is 1. The Bertz CT molecular complexity index is 756. The molecule has 1 saturated heterocycles. The number of alkyl halides is 2. The first-order valence-corrected chi connectivity index (χ1v) is 8.51. The van der Waals surface area contributed by atoms with E-state index in [2.05, 4.69) is 14.9 Å². The molecule has 1 atom stereocenters. The highest BCUT2D eigenvalue weighted by atomic mass is 19.3. The number of benzene rings is 1. The summed E-state index contributed by atoms with van der Waals surface area (Å²) in [7, 11) is 0. The largest absolute Gasteiger partial charge is 0.435 e. The van der Waals surface area contributed by atoms with Crippen LogP contribution in [0.25, 0.3) is 11.3 Å². The van der Waals surface area contributed by atoms with Crippen LogP contribution in [-0.2, 0) is 0 Å². The Hall–Kier alpha value is -2.48. The van der Waals surface area contributed by atoms with Crippen molar-refractivity contribution in [2.75, 3.05) is 13.1 Å². The Kier molecular flexibility index (Phi) is 5.51. The van der Waals surface area contributed by atoms with Crippen LogP contribution in [0.15, 0.2) is 30.5 Å². The number of nitrogens with one attached hydrogen (secondary N) is 1. The van der Waals surface area contributed by atoms with E-state index in [1.54, 1.807) is 24.0 Å². The van der Waals surface area contributed by atoms with Crippen molar-refractivity contribution in [3.8, 4) is 17.0 Å². The second-order valence-electron chi connectivity index (χ2n) is 6.44. The lowest BCUT2D eigenvalue weighted by atomic mass is 9.92. The number of ether oxygens (including phenoxy) is 1. The summed E-state index contributed by atoms with van der Waals surface area (Å²) in [6.45, 7) is -0.0188. The van der Waals surface area contributed by atoms with E-state index in [4.69, 9.17) is 0 Å². The Morgan fingerprint density at radius 2 is 2.12 bits per heavy atom. The first-order valence-electron chi connectivity index (χ1n) is 8.51. The van der Waals surface area contributed by atoms with Crippen LogP contribution in [0.5, 0.6) is 5.75 Å². The van der Waals surface area contributed by atoms with Gasteiger partial charge in [0.2, 0.25) is 0 Å². The monoisotopic (exact) mass is 365 g/mol. The summed E-state index contributed by atoms with van der Waals surface area (Å²) in [6, 6.07) is 6.14. The number of H-pyrrole nitrogens is 1. The molecule has 0 saturated carbocycles. The maximum Gasteiger partial charge on any atom is 0.387 e. The van der Waals surface area contributed by atoms with Gasteiger partial charge in [-0.25, -0.2) is 0 Å². The summed E-state index contributed by atoms with van der Waals surface area (Å²) in [5.41, 5.74) is 1.39. The summed E-state index contributed by atoms with van der Waals surface area (Å²) in [5.74, 6) is 0.0484. The van der Waals surface area contributed by atoms with Crippen molar-refractivity contribution < 1.29 is 23.4 Å². The highest BCUT2D eigenvalue weighted by Crippen LogP contribution is 2.28. The van der Waals surface area contributed by atoms with E-state index in [0.29, 0.717) is 29.9 Å². The van der Waals surface area contributed by atoms with Crippen molar-refractivity contribution >= 4 is 5.91 Å². The Morgan fingerprint density at radius 3 is 2.77 bits per heavy atom. The molecule has 1 amide bonds. The van der Waals surface area contributed by atoms with Gasteiger partial charge in [-0.15, -0.1) is 0 Å². The van der Waals surface area contributed by atoms with Gasteiger partial charge in [-0.1, -0.05) is 12.1 Å². The third-order valence-electron chi connectivity index (χ3n) is 4.73. The maximum atomic E-state index is 12.8. The molecule has 1 aliphatic heterocycles. The quantitative estimate of drug-likeness (QED) is 0.854. The Balaban J connectivity index is 1.78. The molecule has 0 radical (unpaired) electrons. The molecule has 3 rings (SSSR count). The van der Waals surface area contributed by atoms with Crippen LogP contribution in [0.1, 0.15) is 30.1 Å². The highest BCUT2D eigenvalue weighted by Gasteiger charge is 2.28. The second-order valence-corrected chi connectivity index (χ2v) is 6.44. The molecule has 140 valence electrons. The van der Waals surface area contributed by atoms with Crippen LogP contribution < -0.4 is 4.74 Å². The van der Waals surface area contributed by atoms with Crippen LogP contribution in [0.3, 0.4) is 0 Å². The molecule has 1 unspecified atom stereocenters. The van der Waals surface area contributed by atoms with Gasteiger partial charge in [0.1, 0.15) is 5.75 Å². The van der Waals surface area contributed by atoms with Gasteiger partial charge in [-0.2, -0.15) is 13.9 Å². The lowest BCUT2D eigenvalue weighted by molar-refractivity contribution is -0.0498. The summed E-state index contributed by atoms with van der Waals surface area (Å²) in [4.78, 5) is 14.6. The van der Waals surface area contributed by atoms with Gasteiger partial charge in [-0.05, 0) is 37.8 Å². The minimum atomic E-state index is -2.91. The van der Waals surface area contributed by atoms with Crippen molar-refractivity contribution in [1.82, 2.24) is 15.1 Å². The average Bonchev–Trinajstić information content (AvgIpc) is 3.10. The number of nitrogens with zero attached hydrogens (tertiary/aromatic N) is 2. The fourth-order valence-corrected chi connectivity index (χ4v) is 3.25. The van der Waals surface area contributed by atoms with Gasteiger partial charge >= 0.3 is 6.61 Å². The van der Waals surface area contributed by atoms with E-state index in [1.165, 1.54) is 18.3 Å². The van der Waals surface area contributed by atoms with E-state index in [-0.39, 0.29) is 23.7 Å². The van der Waals surface area contributed by atoms with Crippen molar-refractivity contribution in [3.05, 3.63) is 36.0 Å². The third kappa shape index (κ3) is 4.01. The van der Waals surface area contributed by atoms with Gasteiger partial charge in [-0.3, -0.25) is 9.89 Å². The van der Waals surface area contributed by atoms with E-state index < -0.39 is 6.61 Å². The van der Waals surface area contributed by atoms with Gasteiger partial charge in [0, 0.05) is 18.7 Å². The van der Waals surface area contributed by atoms with Crippen LogP contribution in [0.4, 0.5) is 8.78 Å². The number of amides is 1. The molecule has 1 fully saturated rings. The van der Waals surface area contributed by atoms with E-state index in [1.807, 2.05) is 0 Å². The zero-order valence-electron chi connectivity index (χ0n) is 14.4. The summed E-state index contributed by atoms with van der Waals surface area (Å²) >= 11 is 0. The van der Waals surface area contributed by atoms with E-state index in [0.717, 1.165) is 12.8 Å². The number of aromatic amines is 1. The fourth-order valence-electron chi connectivity index (χ4n) is 3.25. The number of hydrogen-bond donors (Lipinski definition) is 2. The lowest BCUT2D eigenvalue weighted by Gasteiger charge is -2.33. The molecule has 0 bridgehead atoms. The molecule has 1 aliphatic rings. The zero-order chi connectivity index (χ0) is 18.7. The van der Waals surface area contributed by atoms with Crippen LogP contribution in [-0.4, -0.2) is 51.9 Å². The lowest BCUT2D eigenvalue weighted by Crippen LogP contribution is -2.40. The average molecular weight is 365 g/mol. The van der Waals surface area contributed by atoms with Crippen molar-refractivity contribution in [1.29, 1.82) is 0 Å². The van der Waals surface area contributed by atoms with Crippen LogP contribution >= 0.6 is 0 Å². The third-order valence-corrected chi connectivity index (χ3v) is 4.73. The number of halogens is 2. The Morgan fingerprint density at radius 1 is 1.38 bits per heavy atom. The van der Waals surface area contributed by atoms with Crippen LogP contribution in [0, 0.1) is 5.92 Å². The van der Waals surface area contributed by atoms with Gasteiger partial charge < -0.3 is 14.7 Å². The summed E-state index contributed by atoms with van der Waals surface area (Å²) in [6.07, 6.45) is 2.55. The molecule has 1 aromatic carbocycles. The predicted octanol–water partition coefficient (Wildman–Crippen LogP) is 2.91. The minimum absolute atomic E-state index is 0.0169. The maximum absolute atomic E-state index is 12.8. The molecular formula is C18H21F2N3O3. The molecular weight excluding hydrogens is 344 g/mol. The number of carbonyl (C=O) groups is 1. The van der Waals surface area contributed by atoms with Crippen molar-refractivity contribution in [2.24, 2.45) is 5.92 Å². The standard InChI is InChI=1S/C18H21F2N3O3/c1-11(24)12-5-7-23(8-6-12)17(25)15-10-21-22-16(15)13-3-2-4-14(9-13)26-18(19)20/h2-4,9-12,18,24H,5-8H2,1H3,(H,21,22). The molecule has 0 aliphatic carbocycles. The zero-order valence-corrected chi connectivity index (χ0v) is 14.4. The second kappa shape index (κ2) is 7.82. The topological polar surface area (TPSA) is 78.5 Å². The van der Waals surface area contributed by atoms with Gasteiger partial charge in [0.05, 0.1) is 23.6 Å². The molecule has 8 heteroatoms. The number of aliphatic hydroxyl groups is 1. The predicted molar refractivity (Wildman–Crippen MR) is 91.0 cm³/mol. The van der Waals surface area contributed by atoms with Crippen molar-refractivity contribution in [2.45, 2.75) is 32.5 Å². The smallest absolute Gasteiger partial charge is 0.387 e. The molecule has 1 aromatic heterocycles. The van der Waals surface area contributed by atoms with Crippen molar-refractivity contribution in [3.63, 3.8) is 0 Å². The molecule has 0 spiro atoms. The first-order chi connectivity index (χ1) is 12.5. The van der Waals surface area contributed by atoms with E-state index >= 15 is 0 Å². The number of aromatic nitrogens is 2. The van der Waals surface area contributed by atoms with Gasteiger partial charge in [0.25, 0.3) is 5.91 Å². The minimum Gasteiger partial charge on any atom is -0.435 e. The highest BCUT2D eigenvalue weighted by molar-refractivity contribution is 5.99. The summed E-state index contributed by atoms with van der Waals surface area (Å²) in [5, 5.41) is 16.4. The normalized spacial score (nSPS) is 16.7. The number of rotatable bonds is 5. The van der Waals surface area contributed by atoms with E-state index in [9.17, 15) is 18.7 Å². The van der Waals surface area contributed by atoms with Crippen LogP contribution in [0.2, 0.25) is 0 Å². The fraction of sp³-hybridized carbons (Fsp3) is 0.444. The Labute approximate surface area is 149 Å². The number of aliphatic hydroxyl groups excluding tert-OH is 1. The molecule has 6 nitrogen and oxygen atoms in total. The number of likely N-dealkylation sites (tertiary alicyclic amines) is 1. The SMILES string of the molecule is CC(O)C1CCN(C(=O)c2cn[nH]c2-c2cccc(OC(F)F)c2)CC1. The molecule has 2 aromatic rings. The summed E-state index contributed by atoms with van der Waals surface area (Å²) < 4.78 is 29.2. The number of hydrogen-bond acceptors (Lipinski definition) is 4.